The van der Waals surface area contributed by atoms with Crippen LogP contribution in [0.4, 0.5) is 0 Å². The number of carboxylic acid groups (broad SMARTS) is 1. The largest absolute Gasteiger partial charge is 0.480 e. The highest BCUT2D eigenvalue weighted by atomic mass is 16.4. The first-order chi connectivity index (χ1) is 12.6. The molecule has 2 fully saturated rings. The zero-order valence-corrected chi connectivity index (χ0v) is 16.8. The molecule has 0 radical (unpaired) electrons. The Kier molecular flexibility index (Phi) is 6.64. The van der Waals surface area contributed by atoms with E-state index in [2.05, 4.69) is 16.4 Å². The van der Waals surface area contributed by atoms with Crippen molar-refractivity contribution in [3.8, 4) is 0 Å². The van der Waals surface area contributed by atoms with Crippen LogP contribution in [0.1, 0.15) is 26.7 Å². The Morgan fingerprint density at radius 3 is 2.33 bits per heavy atom. The number of nitrogens with zero attached hydrogens (tertiary/aromatic N) is 4. The van der Waals surface area contributed by atoms with Crippen LogP contribution in [0.15, 0.2) is 12.7 Å². The van der Waals surface area contributed by atoms with Crippen LogP contribution in [0.25, 0.3) is 0 Å². The average Bonchev–Trinajstić information content (AvgIpc) is 2.92. The van der Waals surface area contributed by atoms with E-state index in [0.717, 1.165) is 25.9 Å². The van der Waals surface area contributed by atoms with Crippen LogP contribution in [0.5, 0.6) is 0 Å². The maximum atomic E-state index is 12.6. The van der Waals surface area contributed by atoms with E-state index in [9.17, 15) is 19.5 Å². The third-order valence-electron chi connectivity index (χ3n) is 6.00. The van der Waals surface area contributed by atoms with Gasteiger partial charge in [0.15, 0.2) is 0 Å². The highest BCUT2D eigenvalue weighted by molar-refractivity contribution is 5.87. The van der Waals surface area contributed by atoms with Gasteiger partial charge in [0.05, 0.1) is 13.2 Å². The van der Waals surface area contributed by atoms with Gasteiger partial charge in [0.25, 0.3) is 0 Å². The van der Waals surface area contributed by atoms with Gasteiger partial charge in [-0.25, -0.2) is 4.79 Å². The van der Waals surface area contributed by atoms with Gasteiger partial charge in [0.1, 0.15) is 6.04 Å². The maximum Gasteiger partial charge on any atom is 0.326 e. The van der Waals surface area contributed by atoms with Crippen molar-refractivity contribution in [2.45, 2.75) is 38.3 Å². The number of piperidine rings is 1. The molecule has 0 aromatic rings. The van der Waals surface area contributed by atoms with Crippen molar-refractivity contribution >= 4 is 17.8 Å². The molecular formula is C19H32N4O4. The average molecular weight is 380 g/mol. The van der Waals surface area contributed by atoms with Crippen LogP contribution in [0.3, 0.4) is 0 Å². The van der Waals surface area contributed by atoms with Crippen molar-refractivity contribution in [3.05, 3.63) is 12.7 Å². The molecule has 0 bridgehead atoms. The number of likely N-dealkylation sites (N-methyl/N-ethyl adjacent to an activating group) is 2. The quantitative estimate of drug-likeness (QED) is 0.668. The summed E-state index contributed by atoms with van der Waals surface area (Å²) in [4.78, 5) is 43.4. The standard InChI is InChI=1S/C19H32N4O4/c1-6-15(24)23-12-19(20(4)13-23)7-9-22(10-8-19)11-16(25)21(5)17(14(2)3)18(26)27/h6,14,17H,1,7-13H2,2-5H3,(H,26,27). The fourth-order valence-electron chi connectivity index (χ4n) is 4.23. The highest BCUT2D eigenvalue weighted by Gasteiger charge is 2.45. The van der Waals surface area contributed by atoms with Crippen LogP contribution < -0.4 is 0 Å². The number of aliphatic carboxylic acids is 1. The lowest BCUT2D eigenvalue weighted by Gasteiger charge is -2.43. The van der Waals surface area contributed by atoms with Crippen LogP contribution in [-0.4, -0.2) is 101 Å². The van der Waals surface area contributed by atoms with Gasteiger partial charge in [-0.3, -0.25) is 19.4 Å². The van der Waals surface area contributed by atoms with Crippen molar-refractivity contribution in [1.29, 1.82) is 0 Å². The second kappa shape index (κ2) is 8.39. The monoisotopic (exact) mass is 380 g/mol. The Hall–Kier alpha value is -1.93. The second-order valence-corrected chi connectivity index (χ2v) is 8.11. The van der Waals surface area contributed by atoms with Crippen molar-refractivity contribution in [3.63, 3.8) is 0 Å². The van der Waals surface area contributed by atoms with Crippen LogP contribution in [0, 0.1) is 5.92 Å². The summed E-state index contributed by atoms with van der Waals surface area (Å²) < 4.78 is 0. The Labute approximate surface area is 161 Å². The predicted molar refractivity (Wildman–Crippen MR) is 102 cm³/mol. The Morgan fingerprint density at radius 1 is 1.26 bits per heavy atom. The first-order valence-electron chi connectivity index (χ1n) is 9.44. The number of likely N-dealkylation sites (tertiary alicyclic amines) is 1. The molecule has 0 aromatic heterocycles. The van der Waals surface area contributed by atoms with E-state index in [-0.39, 0.29) is 29.8 Å². The molecule has 8 nitrogen and oxygen atoms in total. The molecule has 152 valence electrons. The van der Waals surface area contributed by atoms with Crippen molar-refractivity contribution in [1.82, 2.24) is 19.6 Å². The molecule has 2 aliphatic rings. The van der Waals surface area contributed by atoms with E-state index >= 15 is 0 Å². The van der Waals surface area contributed by atoms with Gasteiger partial charge in [-0.05, 0) is 31.9 Å². The van der Waals surface area contributed by atoms with Crippen LogP contribution >= 0.6 is 0 Å². The SMILES string of the molecule is C=CC(=O)N1CN(C)C2(CCN(CC(=O)N(C)C(C(=O)O)C(C)C)CC2)C1. The molecule has 8 heteroatoms. The first kappa shape index (κ1) is 21.4. The number of hydrogen-bond acceptors (Lipinski definition) is 5. The molecule has 2 aliphatic heterocycles. The number of hydrogen-bond donors (Lipinski definition) is 1. The molecule has 0 aromatic carbocycles. The molecule has 2 heterocycles. The fourth-order valence-corrected chi connectivity index (χ4v) is 4.23. The lowest BCUT2D eigenvalue weighted by Crippen LogP contribution is -2.55. The molecule has 2 amide bonds. The minimum absolute atomic E-state index is 0.0497. The van der Waals surface area contributed by atoms with Crippen molar-refractivity contribution < 1.29 is 19.5 Å². The normalized spacial score (nSPS) is 21.4. The molecule has 1 atom stereocenters. The first-order valence-corrected chi connectivity index (χ1v) is 9.44. The predicted octanol–water partition coefficient (Wildman–Crippen LogP) is 0.306. The summed E-state index contributed by atoms with van der Waals surface area (Å²) in [5, 5.41) is 9.38. The van der Waals surface area contributed by atoms with Gasteiger partial charge in [-0.1, -0.05) is 20.4 Å². The third-order valence-corrected chi connectivity index (χ3v) is 6.00. The van der Waals surface area contributed by atoms with Gasteiger partial charge >= 0.3 is 5.97 Å². The van der Waals surface area contributed by atoms with Gasteiger partial charge in [0.2, 0.25) is 11.8 Å². The topological polar surface area (TPSA) is 84.4 Å². The van der Waals surface area contributed by atoms with E-state index in [1.165, 1.54) is 11.0 Å². The summed E-state index contributed by atoms with van der Waals surface area (Å²) in [5.41, 5.74) is -0.0499. The molecule has 2 rings (SSSR count). The van der Waals surface area contributed by atoms with Crippen molar-refractivity contribution in [2.24, 2.45) is 5.92 Å². The summed E-state index contributed by atoms with van der Waals surface area (Å²) >= 11 is 0. The molecule has 1 spiro atoms. The van der Waals surface area contributed by atoms with E-state index in [4.69, 9.17) is 0 Å². The Balaban J connectivity index is 1.92. The number of carbonyl (C=O) groups is 3. The van der Waals surface area contributed by atoms with Gasteiger partial charge < -0.3 is 14.9 Å². The summed E-state index contributed by atoms with van der Waals surface area (Å²) in [6.07, 6.45) is 3.09. The smallest absolute Gasteiger partial charge is 0.326 e. The summed E-state index contributed by atoms with van der Waals surface area (Å²) in [5.74, 6) is -1.35. The Morgan fingerprint density at radius 2 is 1.85 bits per heavy atom. The zero-order chi connectivity index (χ0) is 20.4. The minimum atomic E-state index is -0.974. The number of carbonyl (C=O) groups excluding carboxylic acids is 2. The van der Waals surface area contributed by atoms with Crippen LogP contribution in [0.2, 0.25) is 0 Å². The summed E-state index contributed by atoms with van der Waals surface area (Å²) in [7, 11) is 3.60. The van der Waals surface area contributed by atoms with Crippen molar-refractivity contribution in [2.75, 3.05) is 46.9 Å². The Bertz CT molecular complexity index is 599. The third kappa shape index (κ3) is 4.50. The zero-order valence-electron chi connectivity index (χ0n) is 16.8. The highest BCUT2D eigenvalue weighted by Crippen LogP contribution is 2.33. The molecule has 1 unspecified atom stereocenters. The minimum Gasteiger partial charge on any atom is -0.480 e. The van der Waals surface area contributed by atoms with Gasteiger partial charge in [-0.15, -0.1) is 0 Å². The lowest BCUT2D eigenvalue weighted by molar-refractivity contribution is -0.151. The molecule has 0 aliphatic carbocycles. The second-order valence-electron chi connectivity index (χ2n) is 8.11. The van der Waals surface area contributed by atoms with E-state index in [0.29, 0.717) is 13.2 Å². The molecule has 2 saturated heterocycles. The van der Waals surface area contributed by atoms with E-state index in [1.54, 1.807) is 20.9 Å². The fraction of sp³-hybridized carbons (Fsp3) is 0.737. The molecular weight excluding hydrogens is 348 g/mol. The van der Waals surface area contributed by atoms with E-state index in [1.807, 2.05) is 11.9 Å². The number of rotatable bonds is 6. The maximum absolute atomic E-state index is 12.6. The molecule has 1 N–H and O–H groups in total. The summed E-state index contributed by atoms with van der Waals surface area (Å²) in [6.45, 7) is 10.2. The summed E-state index contributed by atoms with van der Waals surface area (Å²) in [6, 6.07) is -0.812. The molecule has 0 saturated carbocycles. The molecule has 27 heavy (non-hydrogen) atoms. The van der Waals surface area contributed by atoms with Crippen LogP contribution in [-0.2, 0) is 14.4 Å². The van der Waals surface area contributed by atoms with Gasteiger partial charge in [0, 0.05) is 32.2 Å². The number of carboxylic acids is 1. The number of amides is 2. The lowest BCUT2D eigenvalue weighted by atomic mass is 9.87. The van der Waals surface area contributed by atoms with E-state index < -0.39 is 12.0 Å². The van der Waals surface area contributed by atoms with Gasteiger partial charge in [-0.2, -0.15) is 0 Å².